The summed E-state index contributed by atoms with van der Waals surface area (Å²) in [5.41, 5.74) is 2.70. The molecule has 0 aromatic heterocycles. The van der Waals surface area contributed by atoms with Crippen molar-refractivity contribution in [1.29, 1.82) is 0 Å². The number of aryl methyl sites for hydroxylation is 2. The van der Waals surface area contributed by atoms with Crippen molar-refractivity contribution >= 4 is 31.1 Å². The third-order valence-corrected chi connectivity index (χ3v) is 4.74. The van der Waals surface area contributed by atoms with Gasteiger partial charge in [0.05, 0.1) is 0 Å². The standard InChI is InChI=1S/2C10H9.2C6H5.C2H6Si.Ti/c2*1-8-6-9-4-2-3-5-10(9)7-8;2*1-2-4-6-5-3-1;1-3-2;/h2*2-7H,1H3;2*1-5H;1-2H3;/q4*-1;;+4. The first-order valence-electron chi connectivity index (χ1n) is 11.8. The van der Waals surface area contributed by atoms with E-state index in [9.17, 15) is 0 Å². The minimum atomic E-state index is 0. The van der Waals surface area contributed by atoms with Gasteiger partial charge in [-0.15, -0.1) is 81.2 Å². The largest absolute Gasteiger partial charge is 4.00 e. The number of hydrogen-bond acceptors (Lipinski definition) is 0. The summed E-state index contributed by atoms with van der Waals surface area (Å²) in [6.07, 6.45) is 0. The van der Waals surface area contributed by atoms with E-state index in [-0.39, 0.29) is 21.7 Å². The molecule has 6 rings (SSSR count). The van der Waals surface area contributed by atoms with Crippen molar-refractivity contribution in [3.05, 3.63) is 157 Å². The van der Waals surface area contributed by atoms with Gasteiger partial charge in [-0.25, -0.2) is 0 Å². The van der Waals surface area contributed by atoms with Crippen LogP contribution in [0, 0.1) is 26.0 Å². The second kappa shape index (κ2) is 19.2. The molecule has 2 radical (unpaired) electrons. The van der Waals surface area contributed by atoms with E-state index in [1.54, 1.807) is 0 Å². The summed E-state index contributed by atoms with van der Waals surface area (Å²) in [6, 6.07) is 50.7. The maximum atomic E-state index is 2.89. The number of fused-ring (bicyclic) bond motifs is 2. The van der Waals surface area contributed by atoms with E-state index in [0.717, 1.165) is 9.52 Å². The molecule has 0 bridgehead atoms. The SMILES string of the molecule is C[Si]C.Cc1cc2ccccc2[cH-]1.Cc1cc2ccccc2[cH-]1.[Ti+4].[c-]1ccccc1.[c-]1ccccc1. The van der Waals surface area contributed by atoms with E-state index in [2.05, 4.69) is 112 Å². The van der Waals surface area contributed by atoms with Crippen molar-refractivity contribution in [2.75, 3.05) is 0 Å². The third-order valence-electron chi connectivity index (χ3n) is 4.74. The Morgan fingerprint density at radius 3 is 1.11 bits per heavy atom. The van der Waals surface area contributed by atoms with Crippen molar-refractivity contribution < 1.29 is 21.7 Å². The van der Waals surface area contributed by atoms with Crippen LogP contribution in [0.2, 0.25) is 13.1 Å². The minimum absolute atomic E-state index is 0. The van der Waals surface area contributed by atoms with Crippen LogP contribution in [0.15, 0.2) is 133 Å². The van der Waals surface area contributed by atoms with Gasteiger partial charge in [0.2, 0.25) is 0 Å². The first-order valence-corrected chi connectivity index (χ1v) is 13.8. The molecule has 0 aliphatic rings. The van der Waals surface area contributed by atoms with Crippen LogP contribution >= 0.6 is 0 Å². The molecule has 0 saturated carbocycles. The van der Waals surface area contributed by atoms with E-state index in [1.807, 2.05) is 60.7 Å². The zero-order valence-electron chi connectivity index (χ0n) is 21.7. The van der Waals surface area contributed by atoms with E-state index >= 15 is 0 Å². The van der Waals surface area contributed by atoms with Crippen molar-refractivity contribution in [3.8, 4) is 0 Å². The van der Waals surface area contributed by atoms with Crippen molar-refractivity contribution in [2.24, 2.45) is 0 Å². The van der Waals surface area contributed by atoms with Gasteiger partial charge >= 0.3 is 21.7 Å². The fourth-order valence-electron chi connectivity index (χ4n) is 3.30. The summed E-state index contributed by atoms with van der Waals surface area (Å²) in [5, 5.41) is 5.39. The number of rotatable bonds is 0. The van der Waals surface area contributed by atoms with Gasteiger partial charge in [0, 0.05) is 9.52 Å². The monoisotopic (exact) mass is 518 g/mol. The maximum absolute atomic E-state index is 2.89. The number of benzene rings is 4. The molecule has 36 heavy (non-hydrogen) atoms. The number of hydrogen-bond donors (Lipinski definition) is 0. The van der Waals surface area contributed by atoms with Crippen LogP contribution in [-0.2, 0) is 21.7 Å². The van der Waals surface area contributed by atoms with Crippen molar-refractivity contribution in [1.82, 2.24) is 0 Å². The van der Waals surface area contributed by atoms with Gasteiger partial charge in [-0.05, 0) is 0 Å². The predicted octanol–water partition coefficient (Wildman–Crippen LogP) is 9.49. The Labute approximate surface area is 235 Å². The molecular formula is C34H34SiTi. The molecule has 0 aliphatic heterocycles. The average Bonchev–Trinajstić information content (AvgIpc) is 3.48. The van der Waals surface area contributed by atoms with Gasteiger partial charge in [0.1, 0.15) is 0 Å². The van der Waals surface area contributed by atoms with Crippen LogP contribution < -0.4 is 0 Å². The zero-order chi connectivity index (χ0) is 25.1. The molecule has 2 heteroatoms. The first kappa shape index (κ1) is 31.1. The summed E-state index contributed by atoms with van der Waals surface area (Å²) in [7, 11) is 1.08. The Kier molecular flexibility index (Phi) is 16.6. The van der Waals surface area contributed by atoms with Crippen LogP contribution in [0.3, 0.4) is 0 Å². The second-order valence-electron chi connectivity index (χ2n) is 7.98. The Morgan fingerprint density at radius 2 is 0.861 bits per heavy atom. The maximum Gasteiger partial charge on any atom is 4.00 e. The Bertz CT molecular complexity index is 1080. The van der Waals surface area contributed by atoms with Gasteiger partial charge in [0.15, 0.2) is 0 Å². The van der Waals surface area contributed by atoms with Crippen LogP contribution in [0.4, 0.5) is 0 Å². The molecule has 6 aromatic rings. The molecule has 0 N–H and O–H groups in total. The third kappa shape index (κ3) is 12.7. The minimum Gasteiger partial charge on any atom is -0.184 e. The van der Waals surface area contributed by atoms with E-state index in [1.165, 1.54) is 32.7 Å². The van der Waals surface area contributed by atoms with Crippen LogP contribution in [0.1, 0.15) is 11.1 Å². The van der Waals surface area contributed by atoms with Gasteiger partial charge in [-0.2, -0.15) is 84.9 Å². The molecule has 6 aromatic carbocycles. The fraction of sp³-hybridized carbons (Fsp3) is 0.118. The van der Waals surface area contributed by atoms with Gasteiger partial charge in [0.25, 0.3) is 0 Å². The van der Waals surface area contributed by atoms with E-state index in [0.29, 0.717) is 0 Å². The van der Waals surface area contributed by atoms with Gasteiger partial charge in [-0.3, -0.25) is 0 Å². The quantitative estimate of drug-likeness (QED) is 0.139. The van der Waals surface area contributed by atoms with Crippen LogP contribution in [-0.4, -0.2) is 9.52 Å². The summed E-state index contributed by atoms with van der Waals surface area (Å²) in [4.78, 5) is 0. The summed E-state index contributed by atoms with van der Waals surface area (Å²) in [6.45, 7) is 8.56. The summed E-state index contributed by atoms with van der Waals surface area (Å²) >= 11 is 0. The van der Waals surface area contributed by atoms with Gasteiger partial charge in [-0.1, -0.05) is 39.1 Å². The average molecular weight is 519 g/mol. The molecule has 0 heterocycles. The molecular weight excluding hydrogens is 484 g/mol. The van der Waals surface area contributed by atoms with Crippen molar-refractivity contribution in [3.63, 3.8) is 0 Å². The van der Waals surface area contributed by atoms with Crippen LogP contribution in [0.25, 0.3) is 21.5 Å². The Morgan fingerprint density at radius 1 is 0.528 bits per heavy atom. The summed E-state index contributed by atoms with van der Waals surface area (Å²) < 4.78 is 0. The molecule has 0 saturated heterocycles. The van der Waals surface area contributed by atoms with Gasteiger partial charge < -0.3 is 0 Å². The molecule has 0 aliphatic carbocycles. The Balaban J connectivity index is 0.000000235. The van der Waals surface area contributed by atoms with Crippen molar-refractivity contribution in [2.45, 2.75) is 26.9 Å². The Hall–Kier alpha value is -2.97. The topological polar surface area (TPSA) is 0 Å². The molecule has 178 valence electrons. The first-order chi connectivity index (χ1) is 17.1. The molecule has 0 spiro atoms. The summed E-state index contributed by atoms with van der Waals surface area (Å²) in [5.74, 6) is 0. The predicted molar refractivity (Wildman–Crippen MR) is 157 cm³/mol. The molecule has 0 unspecified atom stereocenters. The molecule has 0 fully saturated rings. The second-order valence-corrected chi connectivity index (χ2v) is 8.98. The molecule has 0 atom stereocenters. The fourth-order valence-corrected chi connectivity index (χ4v) is 3.30. The van der Waals surface area contributed by atoms with E-state index < -0.39 is 0 Å². The smallest absolute Gasteiger partial charge is 0.184 e. The molecule has 0 amide bonds. The molecule has 0 nitrogen and oxygen atoms in total. The normalized spacial score (nSPS) is 9.00. The van der Waals surface area contributed by atoms with Crippen LogP contribution in [0.5, 0.6) is 0 Å². The van der Waals surface area contributed by atoms with E-state index in [4.69, 9.17) is 0 Å². The zero-order valence-corrected chi connectivity index (χ0v) is 24.3.